The maximum Gasteiger partial charge on any atom is 0.371 e. The standard InChI is InChI=1S/C16H19NO4/c1-11-13(9-15(21-11)16(18)19)10-17-8-7-12-3-5-14(20-2)6-4-12/h3-6,9,17H,7-8,10H2,1-2H3,(H,18,19). The van der Waals surface area contributed by atoms with Crippen molar-refractivity contribution in [2.75, 3.05) is 13.7 Å². The van der Waals surface area contributed by atoms with Gasteiger partial charge >= 0.3 is 5.97 Å². The van der Waals surface area contributed by atoms with Crippen molar-refractivity contribution < 1.29 is 19.1 Å². The highest BCUT2D eigenvalue weighted by Gasteiger charge is 2.12. The first-order valence-electron chi connectivity index (χ1n) is 6.76. The van der Waals surface area contributed by atoms with Gasteiger partial charge in [0.1, 0.15) is 11.5 Å². The molecule has 5 nitrogen and oxygen atoms in total. The molecule has 0 radical (unpaired) electrons. The number of aryl methyl sites for hydroxylation is 1. The average Bonchev–Trinajstić information content (AvgIpc) is 2.86. The van der Waals surface area contributed by atoms with Crippen LogP contribution in [-0.2, 0) is 13.0 Å². The van der Waals surface area contributed by atoms with Crippen LogP contribution in [0.5, 0.6) is 5.75 Å². The lowest BCUT2D eigenvalue weighted by molar-refractivity contribution is 0.0661. The van der Waals surface area contributed by atoms with Crippen molar-refractivity contribution in [3.8, 4) is 5.75 Å². The maximum absolute atomic E-state index is 10.8. The summed E-state index contributed by atoms with van der Waals surface area (Å²) in [5.74, 6) is 0.438. The van der Waals surface area contributed by atoms with Gasteiger partial charge in [0.2, 0.25) is 5.76 Å². The Hall–Kier alpha value is -2.27. The van der Waals surface area contributed by atoms with Crippen LogP contribution in [0.1, 0.15) is 27.4 Å². The van der Waals surface area contributed by atoms with Crippen molar-refractivity contribution in [1.29, 1.82) is 0 Å². The summed E-state index contributed by atoms with van der Waals surface area (Å²) in [6, 6.07) is 9.51. The molecule has 1 aromatic carbocycles. The number of furan rings is 1. The molecule has 0 unspecified atom stereocenters. The Bertz CT molecular complexity index is 601. The SMILES string of the molecule is COc1ccc(CCNCc2cc(C(=O)O)oc2C)cc1. The number of ether oxygens (including phenoxy) is 1. The van der Waals surface area contributed by atoms with Crippen LogP contribution in [-0.4, -0.2) is 24.7 Å². The van der Waals surface area contributed by atoms with Gasteiger partial charge in [-0.15, -0.1) is 0 Å². The summed E-state index contributed by atoms with van der Waals surface area (Å²) in [6.45, 7) is 3.17. The van der Waals surface area contributed by atoms with E-state index in [1.807, 2.05) is 24.3 Å². The number of aromatic carboxylic acids is 1. The first-order valence-corrected chi connectivity index (χ1v) is 6.76. The van der Waals surface area contributed by atoms with Gasteiger partial charge in [-0.1, -0.05) is 12.1 Å². The highest BCUT2D eigenvalue weighted by Crippen LogP contribution is 2.14. The number of nitrogens with one attached hydrogen (secondary N) is 1. The zero-order chi connectivity index (χ0) is 15.2. The van der Waals surface area contributed by atoms with E-state index in [1.54, 1.807) is 20.1 Å². The molecule has 0 fully saturated rings. The van der Waals surface area contributed by atoms with Gasteiger partial charge in [-0.2, -0.15) is 0 Å². The molecule has 0 saturated heterocycles. The lowest BCUT2D eigenvalue weighted by atomic mass is 10.1. The van der Waals surface area contributed by atoms with Crippen LogP contribution in [0, 0.1) is 6.92 Å². The number of carboxylic acid groups (broad SMARTS) is 1. The number of benzene rings is 1. The van der Waals surface area contributed by atoms with E-state index in [-0.39, 0.29) is 5.76 Å². The molecule has 21 heavy (non-hydrogen) atoms. The van der Waals surface area contributed by atoms with Crippen molar-refractivity contribution in [2.45, 2.75) is 19.9 Å². The molecule has 2 aromatic rings. The number of carboxylic acids is 1. The van der Waals surface area contributed by atoms with E-state index in [2.05, 4.69) is 5.32 Å². The van der Waals surface area contributed by atoms with Gasteiger partial charge in [0.25, 0.3) is 0 Å². The molecular formula is C16H19NO4. The van der Waals surface area contributed by atoms with Crippen LogP contribution in [0.4, 0.5) is 0 Å². The predicted octanol–water partition coefficient (Wildman–Crippen LogP) is 2.63. The van der Waals surface area contributed by atoms with E-state index < -0.39 is 5.97 Å². The van der Waals surface area contributed by atoms with Crippen molar-refractivity contribution >= 4 is 5.97 Å². The van der Waals surface area contributed by atoms with E-state index in [0.29, 0.717) is 12.3 Å². The molecule has 0 aliphatic rings. The Morgan fingerprint density at radius 3 is 2.62 bits per heavy atom. The Kier molecular flexibility index (Phi) is 5.00. The first kappa shape index (κ1) is 15.1. The third kappa shape index (κ3) is 4.10. The van der Waals surface area contributed by atoms with Crippen molar-refractivity contribution in [2.24, 2.45) is 0 Å². The summed E-state index contributed by atoms with van der Waals surface area (Å²) in [7, 11) is 1.65. The van der Waals surface area contributed by atoms with Crippen molar-refractivity contribution in [1.82, 2.24) is 5.32 Å². The van der Waals surface area contributed by atoms with Gasteiger partial charge in [0, 0.05) is 12.1 Å². The van der Waals surface area contributed by atoms with Gasteiger partial charge in [0.15, 0.2) is 0 Å². The fourth-order valence-corrected chi connectivity index (χ4v) is 2.05. The van der Waals surface area contributed by atoms with Crippen LogP contribution >= 0.6 is 0 Å². The largest absolute Gasteiger partial charge is 0.497 e. The van der Waals surface area contributed by atoms with Crippen molar-refractivity contribution in [3.05, 3.63) is 53.0 Å². The molecule has 2 rings (SSSR count). The van der Waals surface area contributed by atoms with Crippen molar-refractivity contribution in [3.63, 3.8) is 0 Å². The van der Waals surface area contributed by atoms with E-state index >= 15 is 0 Å². The normalized spacial score (nSPS) is 10.6. The molecule has 0 aliphatic heterocycles. The highest BCUT2D eigenvalue weighted by atomic mass is 16.5. The van der Waals surface area contributed by atoms with E-state index in [9.17, 15) is 4.79 Å². The lowest BCUT2D eigenvalue weighted by Gasteiger charge is -2.05. The van der Waals surface area contributed by atoms with Gasteiger partial charge < -0.3 is 19.6 Å². The molecule has 0 amide bonds. The molecule has 0 bridgehead atoms. The minimum absolute atomic E-state index is 0.0144. The zero-order valence-corrected chi connectivity index (χ0v) is 12.2. The molecule has 0 atom stereocenters. The van der Waals surface area contributed by atoms with Gasteiger partial charge in [0.05, 0.1) is 7.11 Å². The molecule has 1 aromatic heterocycles. The van der Waals surface area contributed by atoms with E-state index in [1.165, 1.54) is 5.56 Å². The molecule has 2 N–H and O–H groups in total. The average molecular weight is 289 g/mol. The van der Waals surface area contributed by atoms with Gasteiger partial charge in [-0.25, -0.2) is 4.79 Å². The highest BCUT2D eigenvalue weighted by molar-refractivity contribution is 5.84. The van der Waals surface area contributed by atoms with Gasteiger partial charge in [-0.05, 0) is 43.7 Å². The summed E-state index contributed by atoms with van der Waals surface area (Å²) < 4.78 is 10.3. The third-order valence-corrected chi connectivity index (χ3v) is 3.30. The minimum Gasteiger partial charge on any atom is -0.497 e. The molecule has 0 aliphatic carbocycles. The Morgan fingerprint density at radius 1 is 1.33 bits per heavy atom. The molecule has 0 spiro atoms. The molecule has 112 valence electrons. The second-order valence-electron chi connectivity index (χ2n) is 4.77. The molecular weight excluding hydrogens is 270 g/mol. The monoisotopic (exact) mass is 289 g/mol. The van der Waals surface area contributed by atoms with E-state index in [4.69, 9.17) is 14.3 Å². The Labute approximate surface area is 123 Å². The number of hydrogen-bond donors (Lipinski definition) is 2. The second-order valence-corrected chi connectivity index (χ2v) is 4.77. The van der Waals surface area contributed by atoms with Crippen LogP contribution in [0.2, 0.25) is 0 Å². The second kappa shape index (κ2) is 6.95. The summed E-state index contributed by atoms with van der Waals surface area (Å²) in [5.41, 5.74) is 2.10. The predicted molar refractivity (Wildman–Crippen MR) is 78.8 cm³/mol. The number of carbonyl (C=O) groups is 1. The molecule has 1 heterocycles. The molecule has 5 heteroatoms. The lowest BCUT2D eigenvalue weighted by Crippen LogP contribution is -2.16. The topological polar surface area (TPSA) is 71.7 Å². The smallest absolute Gasteiger partial charge is 0.371 e. The molecule has 0 saturated carbocycles. The van der Waals surface area contributed by atoms with E-state index in [0.717, 1.165) is 24.3 Å². The first-order chi connectivity index (χ1) is 10.1. The summed E-state index contributed by atoms with van der Waals surface area (Å²) in [4.78, 5) is 10.8. The van der Waals surface area contributed by atoms with Gasteiger partial charge in [-0.3, -0.25) is 0 Å². The van der Waals surface area contributed by atoms with Crippen LogP contribution in [0.15, 0.2) is 34.7 Å². The van der Waals surface area contributed by atoms with Crippen LogP contribution in [0.3, 0.4) is 0 Å². The fraction of sp³-hybridized carbons (Fsp3) is 0.312. The maximum atomic E-state index is 10.8. The number of hydrogen-bond acceptors (Lipinski definition) is 4. The third-order valence-electron chi connectivity index (χ3n) is 3.30. The number of methoxy groups -OCH3 is 1. The number of rotatable bonds is 7. The zero-order valence-electron chi connectivity index (χ0n) is 12.2. The minimum atomic E-state index is -1.04. The quantitative estimate of drug-likeness (QED) is 0.767. The summed E-state index contributed by atoms with van der Waals surface area (Å²) in [6.07, 6.45) is 0.896. The summed E-state index contributed by atoms with van der Waals surface area (Å²) >= 11 is 0. The Morgan fingerprint density at radius 2 is 2.05 bits per heavy atom. The Balaban J connectivity index is 1.80. The van der Waals surface area contributed by atoms with Crippen LogP contribution < -0.4 is 10.1 Å². The fourth-order valence-electron chi connectivity index (χ4n) is 2.05. The van der Waals surface area contributed by atoms with Crippen LogP contribution in [0.25, 0.3) is 0 Å². The summed E-state index contributed by atoms with van der Waals surface area (Å²) in [5, 5.41) is 12.1.